The molecule has 136 valence electrons. The van der Waals surface area contributed by atoms with E-state index in [4.69, 9.17) is 10.5 Å². The van der Waals surface area contributed by atoms with Crippen molar-refractivity contribution in [2.75, 3.05) is 13.7 Å². The van der Waals surface area contributed by atoms with Crippen LogP contribution in [0, 0.1) is 5.92 Å². The van der Waals surface area contributed by atoms with Crippen molar-refractivity contribution in [3.63, 3.8) is 0 Å². The molecule has 1 aliphatic heterocycles. The second-order valence-electron chi connectivity index (χ2n) is 7.43. The van der Waals surface area contributed by atoms with Gasteiger partial charge in [-0.2, -0.15) is 0 Å². The summed E-state index contributed by atoms with van der Waals surface area (Å²) in [5.41, 5.74) is 8.03. The molecule has 1 fully saturated rings. The van der Waals surface area contributed by atoms with Crippen LogP contribution in [0.15, 0.2) is 18.2 Å². The summed E-state index contributed by atoms with van der Waals surface area (Å²) < 4.78 is 5.32. The first-order valence-electron chi connectivity index (χ1n) is 9.25. The van der Waals surface area contributed by atoms with Crippen LogP contribution in [0.25, 0.3) is 0 Å². The molecule has 1 aromatic carbocycles. The molecule has 1 heterocycles. The zero-order chi connectivity index (χ0) is 18.0. The summed E-state index contributed by atoms with van der Waals surface area (Å²) in [5, 5.41) is 0. The number of nitrogens with zero attached hydrogens (tertiary/aromatic N) is 1. The minimum absolute atomic E-state index is 0.145. The molecule has 1 aromatic rings. The van der Waals surface area contributed by atoms with E-state index in [1.54, 1.807) is 7.11 Å². The first-order chi connectivity index (χ1) is 12.0. The van der Waals surface area contributed by atoms with Gasteiger partial charge in [-0.1, -0.05) is 6.07 Å². The van der Waals surface area contributed by atoms with Crippen molar-refractivity contribution in [3.8, 4) is 5.75 Å². The number of likely N-dealkylation sites (tertiary alicyclic amines) is 1. The Balaban J connectivity index is 1.72. The van der Waals surface area contributed by atoms with Gasteiger partial charge in [-0.05, 0) is 68.2 Å². The van der Waals surface area contributed by atoms with Gasteiger partial charge in [0.15, 0.2) is 0 Å². The Labute approximate surface area is 149 Å². The molecule has 0 saturated carbocycles. The van der Waals surface area contributed by atoms with Gasteiger partial charge in [0.05, 0.1) is 13.0 Å². The number of ether oxygens (including phenoxy) is 1. The summed E-state index contributed by atoms with van der Waals surface area (Å²) in [6.45, 7) is 2.53. The van der Waals surface area contributed by atoms with E-state index in [9.17, 15) is 9.59 Å². The molecule has 1 saturated heterocycles. The molecular formula is C20H28N2O3. The van der Waals surface area contributed by atoms with Crippen LogP contribution in [0.4, 0.5) is 0 Å². The van der Waals surface area contributed by atoms with Crippen LogP contribution in [-0.4, -0.2) is 36.4 Å². The van der Waals surface area contributed by atoms with Gasteiger partial charge in [0.25, 0.3) is 0 Å². The maximum Gasteiger partial charge on any atom is 0.223 e. The van der Waals surface area contributed by atoms with Gasteiger partial charge in [-0.25, -0.2) is 0 Å². The molecule has 3 atom stereocenters. The second-order valence-corrected chi connectivity index (χ2v) is 7.43. The highest BCUT2D eigenvalue weighted by Crippen LogP contribution is 2.36. The molecule has 3 unspecified atom stereocenters. The molecule has 0 spiro atoms. The van der Waals surface area contributed by atoms with Crippen LogP contribution in [-0.2, 0) is 16.0 Å². The Bertz CT molecular complexity index is 658. The van der Waals surface area contributed by atoms with Crippen molar-refractivity contribution in [3.05, 3.63) is 29.3 Å². The third-order valence-electron chi connectivity index (χ3n) is 5.81. The second kappa shape index (κ2) is 7.46. The quantitative estimate of drug-likeness (QED) is 0.912. The molecule has 5 heteroatoms. The normalized spacial score (nSPS) is 26.0. The lowest BCUT2D eigenvalue weighted by Crippen LogP contribution is -2.48. The molecule has 5 nitrogen and oxygen atoms in total. The number of fused-ring (bicyclic) bond motifs is 1. The molecule has 1 aliphatic carbocycles. The summed E-state index contributed by atoms with van der Waals surface area (Å²) in [6.07, 6.45) is 5.31. The Morgan fingerprint density at radius 1 is 1.28 bits per heavy atom. The monoisotopic (exact) mass is 344 g/mol. The Kier molecular flexibility index (Phi) is 5.30. The predicted molar refractivity (Wildman–Crippen MR) is 96.4 cm³/mol. The SMILES string of the molecule is COc1ccc2c(c1)CCCC2CC(=O)N1CC(C(N)=O)CCC1C. The number of amides is 2. The molecule has 0 aromatic heterocycles. The lowest BCUT2D eigenvalue weighted by Gasteiger charge is -2.38. The van der Waals surface area contributed by atoms with Gasteiger partial charge in [0.1, 0.15) is 5.75 Å². The van der Waals surface area contributed by atoms with Gasteiger partial charge >= 0.3 is 0 Å². The smallest absolute Gasteiger partial charge is 0.223 e. The van der Waals surface area contributed by atoms with E-state index in [-0.39, 0.29) is 29.7 Å². The molecule has 2 aliphatic rings. The van der Waals surface area contributed by atoms with Gasteiger partial charge in [0, 0.05) is 19.0 Å². The Morgan fingerprint density at radius 3 is 2.80 bits per heavy atom. The van der Waals surface area contributed by atoms with Crippen LogP contribution in [0.3, 0.4) is 0 Å². The molecule has 0 bridgehead atoms. The van der Waals surface area contributed by atoms with Crippen LogP contribution in [0.1, 0.15) is 56.1 Å². The van der Waals surface area contributed by atoms with E-state index in [1.807, 2.05) is 11.0 Å². The van der Waals surface area contributed by atoms with Crippen molar-refractivity contribution in [1.82, 2.24) is 4.90 Å². The lowest BCUT2D eigenvalue weighted by atomic mass is 9.80. The van der Waals surface area contributed by atoms with E-state index in [0.717, 1.165) is 37.9 Å². The summed E-state index contributed by atoms with van der Waals surface area (Å²) in [6, 6.07) is 6.37. The van der Waals surface area contributed by atoms with Crippen molar-refractivity contribution in [2.24, 2.45) is 11.7 Å². The number of primary amides is 1. The molecule has 0 radical (unpaired) electrons. The molecule has 2 amide bonds. The number of nitrogens with two attached hydrogens (primary N) is 1. The molecule has 3 rings (SSSR count). The highest BCUT2D eigenvalue weighted by Gasteiger charge is 2.33. The molecular weight excluding hydrogens is 316 g/mol. The number of methoxy groups -OCH3 is 1. The Hall–Kier alpha value is -2.04. The van der Waals surface area contributed by atoms with E-state index >= 15 is 0 Å². The van der Waals surface area contributed by atoms with Gasteiger partial charge in [0.2, 0.25) is 11.8 Å². The minimum Gasteiger partial charge on any atom is -0.497 e. The third-order valence-corrected chi connectivity index (χ3v) is 5.81. The van der Waals surface area contributed by atoms with Crippen LogP contribution < -0.4 is 10.5 Å². The van der Waals surface area contributed by atoms with Crippen molar-refractivity contribution < 1.29 is 14.3 Å². The molecule has 2 N–H and O–H groups in total. The highest BCUT2D eigenvalue weighted by molar-refractivity contribution is 5.81. The summed E-state index contributed by atoms with van der Waals surface area (Å²) in [7, 11) is 1.68. The van der Waals surface area contributed by atoms with E-state index in [2.05, 4.69) is 19.1 Å². The zero-order valence-electron chi connectivity index (χ0n) is 15.2. The van der Waals surface area contributed by atoms with Gasteiger partial charge in [-0.15, -0.1) is 0 Å². The summed E-state index contributed by atoms with van der Waals surface area (Å²) >= 11 is 0. The minimum atomic E-state index is -0.292. The highest BCUT2D eigenvalue weighted by atomic mass is 16.5. The average molecular weight is 344 g/mol. The fraction of sp³-hybridized carbons (Fsp3) is 0.600. The van der Waals surface area contributed by atoms with Crippen molar-refractivity contribution >= 4 is 11.8 Å². The van der Waals surface area contributed by atoms with E-state index in [1.165, 1.54) is 11.1 Å². The Morgan fingerprint density at radius 2 is 2.08 bits per heavy atom. The van der Waals surface area contributed by atoms with E-state index in [0.29, 0.717) is 13.0 Å². The standard InChI is InChI=1S/C20H28N2O3/c1-13-6-7-16(20(21)24)12-22(13)19(23)11-15-5-3-4-14-10-17(25-2)8-9-18(14)15/h8-10,13,15-16H,3-7,11-12H2,1-2H3,(H2,21,24). The number of aryl methyl sites for hydroxylation is 1. The fourth-order valence-electron chi connectivity index (χ4n) is 4.25. The maximum absolute atomic E-state index is 12.9. The number of hydrogen-bond acceptors (Lipinski definition) is 3. The van der Waals surface area contributed by atoms with Crippen LogP contribution >= 0.6 is 0 Å². The summed E-state index contributed by atoms with van der Waals surface area (Å²) in [5.74, 6) is 0.776. The largest absolute Gasteiger partial charge is 0.497 e. The lowest BCUT2D eigenvalue weighted by molar-refractivity contribution is -0.138. The van der Waals surface area contributed by atoms with Crippen molar-refractivity contribution in [2.45, 2.75) is 57.4 Å². The van der Waals surface area contributed by atoms with Gasteiger partial charge < -0.3 is 15.4 Å². The van der Waals surface area contributed by atoms with Gasteiger partial charge in [-0.3, -0.25) is 9.59 Å². The fourth-order valence-corrected chi connectivity index (χ4v) is 4.25. The molecule has 25 heavy (non-hydrogen) atoms. The van der Waals surface area contributed by atoms with E-state index < -0.39 is 0 Å². The zero-order valence-corrected chi connectivity index (χ0v) is 15.2. The summed E-state index contributed by atoms with van der Waals surface area (Å²) in [4.78, 5) is 26.3. The van der Waals surface area contributed by atoms with Crippen LogP contribution in [0.2, 0.25) is 0 Å². The number of rotatable bonds is 4. The maximum atomic E-state index is 12.9. The predicted octanol–water partition coefficient (Wildman–Crippen LogP) is 2.62. The number of piperidine rings is 1. The number of benzene rings is 1. The first kappa shape index (κ1) is 17.8. The first-order valence-corrected chi connectivity index (χ1v) is 9.25. The number of carbonyl (C=O) groups is 2. The average Bonchev–Trinajstić information content (AvgIpc) is 2.61. The number of carbonyl (C=O) groups excluding carboxylic acids is 2. The topological polar surface area (TPSA) is 72.6 Å². The third kappa shape index (κ3) is 3.80. The van der Waals surface area contributed by atoms with Crippen LogP contribution in [0.5, 0.6) is 5.75 Å². The number of hydrogen-bond donors (Lipinski definition) is 1. The van der Waals surface area contributed by atoms with Crippen molar-refractivity contribution in [1.29, 1.82) is 0 Å².